The van der Waals surface area contributed by atoms with Gasteiger partial charge in [0.25, 0.3) is 5.56 Å². The smallest absolute Gasteiger partial charge is 0.336 e. The maximum Gasteiger partial charge on any atom is 0.336 e. The normalized spacial score (nSPS) is 11.1. The topological polar surface area (TPSA) is 221 Å². The Labute approximate surface area is 371 Å². The highest BCUT2D eigenvalue weighted by Gasteiger charge is 2.27. The van der Waals surface area contributed by atoms with Gasteiger partial charge < -0.3 is 11.5 Å². The maximum atomic E-state index is 13.8. The molecule has 0 aliphatic rings. The van der Waals surface area contributed by atoms with Crippen LogP contribution in [-0.2, 0) is 11.3 Å². The van der Waals surface area contributed by atoms with Gasteiger partial charge in [-0.25, -0.2) is 34.6 Å². The first kappa shape index (κ1) is 45.7. The molecule has 0 radical (unpaired) electrons. The molecule has 328 valence electrons. The molecule has 0 saturated heterocycles. The molecule has 3 aromatic heterocycles. The lowest BCUT2D eigenvalue weighted by atomic mass is 10.1. The van der Waals surface area contributed by atoms with E-state index in [4.69, 9.17) is 36.0 Å². The molecule has 0 fully saturated rings. The number of nitrogens with two attached hydrogens (primary N) is 4. The first-order chi connectivity index (χ1) is 31.2. The number of para-hydroxylation sites is 2. The van der Waals surface area contributed by atoms with Crippen LogP contribution in [0.15, 0.2) is 131 Å². The number of carbonyl (C=O) groups excluding carboxylic acids is 2. The number of urea groups is 1. The van der Waals surface area contributed by atoms with Gasteiger partial charge in [-0.1, -0.05) is 72.5 Å². The van der Waals surface area contributed by atoms with Crippen molar-refractivity contribution in [2.24, 2.45) is 11.7 Å². The molecule has 0 bridgehead atoms. The van der Waals surface area contributed by atoms with E-state index in [1.807, 2.05) is 48.5 Å². The van der Waals surface area contributed by atoms with Crippen LogP contribution in [0.4, 0.5) is 47.7 Å². The molecular formula is C47H42F2N12O4. The zero-order valence-corrected chi connectivity index (χ0v) is 35.3. The minimum absolute atomic E-state index is 0.0335. The molecule has 0 aliphatic heterocycles. The Bertz CT molecular complexity index is 3220. The van der Waals surface area contributed by atoms with Gasteiger partial charge in [-0.2, -0.15) is 0 Å². The Balaban J connectivity index is 0.000000216. The van der Waals surface area contributed by atoms with E-state index < -0.39 is 28.9 Å². The van der Waals surface area contributed by atoms with Crippen molar-refractivity contribution < 1.29 is 18.4 Å². The molecule has 0 atom stereocenters. The Morgan fingerprint density at radius 1 is 0.800 bits per heavy atom. The Hall–Kier alpha value is -8.84. The van der Waals surface area contributed by atoms with Gasteiger partial charge in [-0.05, 0) is 26.0 Å². The summed E-state index contributed by atoms with van der Waals surface area (Å²) in [6.45, 7) is 2.84. The van der Waals surface area contributed by atoms with Gasteiger partial charge in [0, 0.05) is 58.8 Å². The molecule has 3 heterocycles. The number of aromatic nitrogens is 4. The summed E-state index contributed by atoms with van der Waals surface area (Å²) in [4.78, 5) is 63.3. The third kappa shape index (κ3) is 8.92. The number of hydrogen-bond donors (Lipinski definition) is 4. The number of nitrogens with zero attached hydrogens (tertiary/aromatic N) is 8. The number of nitrogen functional groups attached to an aromatic ring is 2. The highest BCUT2D eigenvalue weighted by Crippen LogP contribution is 2.31. The Morgan fingerprint density at radius 3 is 2.05 bits per heavy atom. The molecule has 4 aromatic carbocycles. The predicted molar refractivity (Wildman–Crippen MR) is 250 cm³/mol. The molecule has 7 aromatic rings. The van der Waals surface area contributed by atoms with Crippen molar-refractivity contribution in [2.45, 2.75) is 20.4 Å². The second-order valence-electron chi connectivity index (χ2n) is 14.3. The van der Waals surface area contributed by atoms with Crippen LogP contribution in [0.3, 0.4) is 0 Å². The lowest BCUT2D eigenvalue weighted by Crippen LogP contribution is -2.44. The number of rotatable bonds is 10. The fourth-order valence-electron chi connectivity index (χ4n) is 7.03. The lowest BCUT2D eigenvalue weighted by molar-refractivity contribution is -0.105. The van der Waals surface area contributed by atoms with E-state index in [2.05, 4.69) is 21.8 Å². The highest BCUT2D eigenvalue weighted by atomic mass is 19.2. The van der Waals surface area contributed by atoms with Gasteiger partial charge >= 0.3 is 11.7 Å². The van der Waals surface area contributed by atoms with Gasteiger partial charge in [-0.3, -0.25) is 43.9 Å². The molecule has 0 unspecified atom stereocenters. The second-order valence-corrected chi connectivity index (χ2v) is 14.3. The van der Waals surface area contributed by atoms with Crippen LogP contribution in [0.25, 0.3) is 27.2 Å². The van der Waals surface area contributed by atoms with E-state index in [0.717, 1.165) is 42.8 Å². The number of fused-ring (bicyclic) bond motifs is 2. The summed E-state index contributed by atoms with van der Waals surface area (Å²) in [5, 5.41) is 5.05. The summed E-state index contributed by atoms with van der Waals surface area (Å²) in [6, 6.07) is 22.5. The number of benzene rings is 4. The van der Waals surface area contributed by atoms with E-state index in [9.17, 15) is 28.0 Å². The summed E-state index contributed by atoms with van der Waals surface area (Å²) in [5.74, 6) is 14.8. The number of carbonyl (C=O) groups is 2. The lowest BCUT2D eigenvalue weighted by Gasteiger charge is -2.30. The maximum absolute atomic E-state index is 13.8. The van der Waals surface area contributed by atoms with Crippen LogP contribution in [0.1, 0.15) is 12.6 Å². The number of anilines is 6. The van der Waals surface area contributed by atoms with Crippen molar-refractivity contribution in [3.8, 4) is 30.4 Å². The standard InChI is InChI=1S/C24H22F2N6O2.C23H20N6O2/c1-4-9-31(24(34)30(3)22-13-29-12-16-7-5-6-8-17(16)22)15(2)23(14-33)32(28)21-11-19(26)18(25)10-20(21)27;1-3-12-27-15(2)21(29(25)19-11-7-6-10-18(19)24)22(30)28(23(27)31)20-14-26-13-16-8-4-5-9-17(16)20/h1,5-8,10-14H,9,27-28H2,2-3H3;1,4-11,13-14H,12,24-25H2,2H3/b23-15+;. The number of pyridine rings is 2. The third-order valence-electron chi connectivity index (χ3n) is 10.4. The third-order valence-corrected chi connectivity index (χ3v) is 10.4. The van der Waals surface area contributed by atoms with Crippen molar-refractivity contribution in [3.63, 3.8) is 0 Å². The Morgan fingerprint density at radius 2 is 1.40 bits per heavy atom. The number of allylic oxidation sites excluding steroid dienone is 2. The van der Waals surface area contributed by atoms with Crippen LogP contribution in [0, 0.1) is 43.2 Å². The Kier molecular flexibility index (Phi) is 13.7. The van der Waals surface area contributed by atoms with Crippen molar-refractivity contribution in [2.75, 3.05) is 40.0 Å². The number of hydrogen-bond acceptors (Lipinski definition) is 12. The van der Waals surface area contributed by atoms with Gasteiger partial charge in [0.1, 0.15) is 11.4 Å². The van der Waals surface area contributed by atoms with Crippen molar-refractivity contribution in [1.29, 1.82) is 0 Å². The first-order valence-corrected chi connectivity index (χ1v) is 19.5. The molecule has 7 rings (SSSR count). The summed E-state index contributed by atoms with van der Waals surface area (Å²) in [7, 11) is 1.54. The largest absolute Gasteiger partial charge is 0.397 e. The van der Waals surface area contributed by atoms with E-state index >= 15 is 0 Å². The molecular weight excluding hydrogens is 835 g/mol. The monoisotopic (exact) mass is 876 g/mol. The van der Waals surface area contributed by atoms with E-state index in [-0.39, 0.29) is 41.5 Å². The highest BCUT2D eigenvalue weighted by molar-refractivity contribution is 6.03. The van der Waals surface area contributed by atoms with E-state index in [1.165, 1.54) is 40.8 Å². The summed E-state index contributed by atoms with van der Waals surface area (Å²) in [5.41, 5.74) is 12.2. The van der Waals surface area contributed by atoms with Crippen molar-refractivity contribution >= 4 is 68.0 Å². The van der Waals surface area contributed by atoms with Gasteiger partial charge in [-0.15, -0.1) is 12.8 Å². The number of aldehydes is 1. The average Bonchev–Trinajstić information content (AvgIpc) is 3.30. The zero-order chi connectivity index (χ0) is 47.1. The molecule has 0 aliphatic carbocycles. The minimum Gasteiger partial charge on any atom is -0.397 e. The number of hydrazine groups is 2. The molecule has 8 N–H and O–H groups in total. The number of halogens is 2. The van der Waals surface area contributed by atoms with Crippen LogP contribution >= 0.6 is 0 Å². The zero-order valence-electron chi connectivity index (χ0n) is 35.3. The molecule has 18 heteroatoms. The summed E-state index contributed by atoms with van der Waals surface area (Å²) < 4.78 is 29.7. The fourth-order valence-corrected chi connectivity index (χ4v) is 7.03. The molecule has 65 heavy (non-hydrogen) atoms. The first-order valence-electron chi connectivity index (χ1n) is 19.5. The molecule has 0 spiro atoms. The molecule has 0 saturated carbocycles. The SMILES string of the molecule is C#CCN(C(=O)N(C)c1cncc2ccccc12)/C(C)=C(\C=O)N(N)c1cc(F)c(F)cc1N.C#CCn1c(C)c(N(N)c2ccccc2N)c(=O)n(-c2cncc3ccccc23)c1=O. The van der Waals surface area contributed by atoms with Crippen LogP contribution in [0.5, 0.6) is 0 Å². The summed E-state index contributed by atoms with van der Waals surface area (Å²) >= 11 is 0. The summed E-state index contributed by atoms with van der Waals surface area (Å²) in [6.07, 6.45) is 17.7. The minimum atomic E-state index is -1.21. The van der Waals surface area contributed by atoms with Gasteiger partial charge in [0.15, 0.2) is 17.9 Å². The van der Waals surface area contributed by atoms with Crippen molar-refractivity contribution in [1.82, 2.24) is 24.0 Å². The van der Waals surface area contributed by atoms with E-state index in [1.54, 1.807) is 43.6 Å². The van der Waals surface area contributed by atoms with Crippen LogP contribution in [-0.4, -0.2) is 49.9 Å². The van der Waals surface area contributed by atoms with Crippen LogP contribution in [0.2, 0.25) is 0 Å². The second kappa shape index (κ2) is 19.5. The van der Waals surface area contributed by atoms with Crippen molar-refractivity contribution in [3.05, 3.63) is 159 Å². The average molecular weight is 877 g/mol. The molecule has 2 amide bonds. The fraction of sp³-hybridized carbons (Fsp3) is 0.106. The molecule has 16 nitrogen and oxygen atoms in total. The van der Waals surface area contributed by atoms with Crippen LogP contribution < -0.4 is 49.3 Å². The van der Waals surface area contributed by atoms with Gasteiger partial charge in [0.2, 0.25) is 0 Å². The number of terminal acetylenes is 2. The number of amides is 2. The predicted octanol–water partition coefficient (Wildman–Crippen LogP) is 5.48. The quantitative estimate of drug-likeness (QED) is 0.0335. The van der Waals surface area contributed by atoms with E-state index in [0.29, 0.717) is 40.1 Å². The van der Waals surface area contributed by atoms with Gasteiger partial charge in [0.05, 0.1) is 65.3 Å².